The lowest BCUT2D eigenvalue weighted by molar-refractivity contribution is -0.128. The highest BCUT2D eigenvalue weighted by molar-refractivity contribution is 5.94. The number of likely N-dealkylation sites (tertiary alicyclic amines) is 1. The van der Waals surface area contributed by atoms with Gasteiger partial charge in [0.05, 0.1) is 19.0 Å². The fraction of sp³-hybridized carbons (Fsp3) is 0.615. The summed E-state index contributed by atoms with van der Waals surface area (Å²) in [6.45, 7) is 2.64. The van der Waals surface area contributed by atoms with Crippen LogP contribution in [0.15, 0.2) is 18.3 Å². The van der Waals surface area contributed by atoms with E-state index in [1.54, 1.807) is 6.07 Å². The summed E-state index contributed by atoms with van der Waals surface area (Å²) >= 11 is 0. The number of halogens is 1. The van der Waals surface area contributed by atoms with Gasteiger partial charge < -0.3 is 15.0 Å². The predicted molar refractivity (Wildman–Crippen MR) is 130 cm³/mol. The van der Waals surface area contributed by atoms with Gasteiger partial charge in [-0.2, -0.15) is 5.10 Å². The standard InChI is InChI=1S/C26H33FN6O3/c1-36-23-11-19(20(27)14-28-23)21-12-22(31-30-21)25(35)33-10-6-16(13-26(33)7-8-26)24(34)29-17-4-5-18-3-2-9-32(18)15-17/h11-12,14,16-18H,2-10,13,15H2,1H3,(H,29,34)(H,30,31)/t16-,17+,18-/m0/s1. The highest BCUT2D eigenvalue weighted by atomic mass is 19.1. The van der Waals surface area contributed by atoms with Crippen LogP contribution in [0.2, 0.25) is 0 Å². The van der Waals surface area contributed by atoms with E-state index in [0.717, 1.165) is 38.5 Å². The van der Waals surface area contributed by atoms with Crippen LogP contribution in [0.4, 0.5) is 4.39 Å². The number of pyridine rings is 1. The average Bonchev–Trinajstić information content (AvgIpc) is 3.28. The lowest BCUT2D eigenvalue weighted by Crippen LogP contribution is -2.54. The summed E-state index contributed by atoms with van der Waals surface area (Å²) in [6, 6.07) is 3.98. The fourth-order valence-corrected chi connectivity index (χ4v) is 6.46. The number of ether oxygens (including phenoxy) is 1. The lowest BCUT2D eigenvalue weighted by Gasteiger charge is -2.40. The van der Waals surface area contributed by atoms with E-state index >= 15 is 0 Å². The van der Waals surface area contributed by atoms with Crippen LogP contribution in [0.1, 0.15) is 61.9 Å². The Kier molecular flexibility index (Phi) is 5.94. The second-order valence-corrected chi connectivity index (χ2v) is 10.8. The molecule has 4 aliphatic rings. The number of piperidine rings is 2. The zero-order valence-corrected chi connectivity index (χ0v) is 20.6. The summed E-state index contributed by atoms with van der Waals surface area (Å²) in [7, 11) is 1.46. The smallest absolute Gasteiger partial charge is 0.272 e. The minimum absolute atomic E-state index is 0.0661. The first-order valence-corrected chi connectivity index (χ1v) is 13.1. The number of carbonyl (C=O) groups is 2. The number of hydrogen-bond donors (Lipinski definition) is 2. The second kappa shape index (κ2) is 9.14. The minimum atomic E-state index is -0.537. The Hall–Kier alpha value is -3.01. The molecule has 0 radical (unpaired) electrons. The molecule has 1 aliphatic carbocycles. The van der Waals surface area contributed by atoms with E-state index < -0.39 is 5.82 Å². The molecule has 0 aromatic carbocycles. The number of methoxy groups -OCH3 is 1. The van der Waals surface area contributed by atoms with Gasteiger partial charge in [-0.1, -0.05) is 0 Å². The van der Waals surface area contributed by atoms with Crippen molar-refractivity contribution in [2.24, 2.45) is 5.92 Å². The maximum atomic E-state index is 14.3. The number of hydrogen-bond acceptors (Lipinski definition) is 6. The molecule has 2 aromatic rings. The van der Waals surface area contributed by atoms with Crippen LogP contribution in [0.25, 0.3) is 11.3 Å². The number of aromatic nitrogens is 3. The monoisotopic (exact) mass is 496 g/mol. The molecular weight excluding hydrogens is 463 g/mol. The van der Waals surface area contributed by atoms with Crippen molar-refractivity contribution in [1.29, 1.82) is 0 Å². The van der Waals surface area contributed by atoms with Gasteiger partial charge in [0.2, 0.25) is 11.8 Å². The molecule has 5 heterocycles. The number of aromatic amines is 1. The van der Waals surface area contributed by atoms with E-state index in [1.165, 1.54) is 32.4 Å². The average molecular weight is 497 g/mol. The van der Waals surface area contributed by atoms with Gasteiger partial charge in [0.15, 0.2) is 5.82 Å². The summed E-state index contributed by atoms with van der Waals surface area (Å²) in [5.41, 5.74) is 0.595. The molecular formula is C26H33FN6O3. The van der Waals surface area contributed by atoms with Crippen LogP contribution < -0.4 is 10.1 Å². The van der Waals surface area contributed by atoms with E-state index in [1.807, 2.05) is 4.90 Å². The maximum Gasteiger partial charge on any atom is 0.272 e. The van der Waals surface area contributed by atoms with Gasteiger partial charge in [-0.15, -0.1) is 0 Å². The molecule has 3 atom stereocenters. The van der Waals surface area contributed by atoms with Gasteiger partial charge in [-0.3, -0.25) is 19.6 Å². The van der Waals surface area contributed by atoms with Gasteiger partial charge in [-0.25, -0.2) is 9.37 Å². The number of fused-ring (bicyclic) bond motifs is 1. The molecule has 6 rings (SSSR count). The first kappa shape index (κ1) is 23.4. The third-order valence-corrected chi connectivity index (χ3v) is 8.62. The van der Waals surface area contributed by atoms with Crippen molar-refractivity contribution >= 4 is 11.8 Å². The fourth-order valence-electron chi connectivity index (χ4n) is 6.46. The summed E-state index contributed by atoms with van der Waals surface area (Å²) in [6.07, 6.45) is 9.01. The van der Waals surface area contributed by atoms with Crippen molar-refractivity contribution in [2.75, 3.05) is 26.7 Å². The summed E-state index contributed by atoms with van der Waals surface area (Å²) in [5.74, 6) is -0.345. The number of nitrogens with one attached hydrogen (secondary N) is 2. The molecule has 36 heavy (non-hydrogen) atoms. The SMILES string of the molecule is COc1cc(-c2cc(C(=O)N3CC[C@H](C(=O)N[C@@H]4CC[C@@H]5CCCN5C4)CC34CC4)[nH]n2)c(F)cn1. The van der Waals surface area contributed by atoms with E-state index in [4.69, 9.17) is 4.74 Å². The first-order chi connectivity index (χ1) is 17.5. The molecule has 1 spiro atoms. The zero-order chi connectivity index (χ0) is 24.9. The summed E-state index contributed by atoms with van der Waals surface area (Å²) < 4.78 is 19.4. The minimum Gasteiger partial charge on any atom is -0.481 e. The van der Waals surface area contributed by atoms with Crippen molar-refractivity contribution < 1.29 is 18.7 Å². The van der Waals surface area contributed by atoms with Crippen LogP contribution in [0, 0.1) is 11.7 Å². The third kappa shape index (κ3) is 4.25. The molecule has 9 nitrogen and oxygen atoms in total. The molecule has 2 aromatic heterocycles. The molecule has 0 unspecified atom stereocenters. The number of carbonyl (C=O) groups excluding carboxylic acids is 2. The van der Waals surface area contributed by atoms with Crippen LogP contribution in [-0.4, -0.2) is 81.2 Å². The Morgan fingerprint density at radius 1 is 1.19 bits per heavy atom. The number of nitrogens with zero attached hydrogens (tertiary/aromatic N) is 4. The van der Waals surface area contributed by atoms with E-state index in [0.29, 0.717) is 36.8 Å². The van der Waals surface area contributed by atoms with Crippen molar-refractivity contribution in [3.8, 4) is 17.1 Å². The van der Waals surface area contributed by atoms with Gasteiger partial charge in [0.1, 0.15) is 5.69 Å². The van der Waals surface area contributed by atoms with Crippen molar-refractivity contribution in [1.82, 2.24) is 30.3 Å². The van der Waals surface area contributed by atoms with Gasteiger partial charge in [0, 0.05) is 48.3 Å². The van der Waals surface area contributed by atoms with E-state index in [9.17, 15) is 14.0 Å². The molecule has 2 amide bonds. The molecule has 10 heteroatoms. The Morgan fingerprint density at radius 3 is 2.86 bits per heavy atom. The lowest BCUT2D eigenvalue weighted by atomic mass is 9.87. The quantitative estimate of drug-likeness (QED) is 0.660. The normalized spacial score (nSPS) is 27.1. The van der Waals surface area contributed by atoms with Gasteiger partial charge >= 0.3 is 0 Å². The predicted octanol–water partition coefficient (Wildman–Crippen LogP) is 2.75. The topological polar surface area (TPSA) is 103 Å². The van der Waals surface area contributed by atoms with Gasteiger partial charge in [0.25, 0.3) is 5.91 Å². The van der Waals surface area contributed by atoms with Crippen LogP contribution >= 0.6 is 0 Å². The molecule has 1 saturated carbocycles. The summed E-state index contributed by atoms with van der Waals surface area (Å²) in [4.78, 5) is 34.9. The van der Waals surface area contributed by atoms with Crippen molar-refractivity contribution in [3.63, 3.8) is 0 Å². The number of H-pyrrole nitrogens is 1. The van der Waals surface area contributed by atoms with Crippen molar-refractivity contribution in [3.05, 3.63) is 29.8 Å². The largest absolute Gasteiger partial charge is 0.481 e. The molecule has 192 valence electrons. The summed E-state index contributed by atoms with van der Waals surface area (Å²) in [5, 5.41) is 10.3. The first-order valence-electron chi connectivity index (χ1n) is 13.1. The Bertz CT molecular complexity index is 1160. The van der Waals surface area contributed by atoms with Crippen LogP contribution in [-0.2, 0) is 4.79 Å². The van der Waals surface area contributed by atoms with E-state index in [2.05, 4.69) is 25.4 Å². The Balaban J connectivity index is 1.10. The highest BCUT2D eigenvalue weighted by Gasteiger charge is 2.54. The maximum absolute atomic E-state index is 14.3. The number of amides is 2. The Labute approximate surface area is 209 Å². The van der Waals surface area contributed by atoms with Crippen LogP contribution in [0.5, 0.6) is 5.88 Å². The highest BCUT2D eigenvalue weighted by Crippen LogP contribution is 2.50. The molecule has 2 N–H and O–H groups in total. The number of rotatable bonds is 5. The second-order valence-electron chi connectivity index (χ2n) is 10.8. The molecule has 4 fully saturated rings. The van der Waals surface area contributed by atoms with Crippen molar-refractivity contribution in [2.45, 2.75) is 69.0 Å². The Morgan fingerprint density at radius 2 is 2.06 bits per heavy atom. The zero-order valence-electron chi connectivity index (χ0n) is 20.6. The van der Waals surface area contributed by atoms with Crippen LogP contribution in [0.3, 0.4) is 0 Å². The van der Waals surface area contributed by atoms with Gasteiger partial charge in [-0.05, 0) is 64.0 Å². The molecule has 0 bridgehead atoms. The molecule has 3 saturated heterocycles. The van der Waals surface area contributed by atoms with E-state index in [-0.39, 0.29) is 40.8 Å². The third-order valence-electron chi connectivity index (χ3n) is 8.62. The molecule has 3 aliphatic heterocycles.